The molecule has 1 fully saturated rings. The molecule has 26 heavy (non-hydrogen) atoms. The van der Waals surface area contributed by atoms with E-state index in [0.29, 0.717) is 5.56 Å². The van der Waals surface area contributed by atoms with Crippen LogP contribution in [0.3, 0.4) is 0 Å². The Morgan fingerprint density at radius 3 is 2.58 bits per heavy atom. The number of aromatic amines is 1. The van der Waals surface area contributed by atoms with Gasteiger partial charge >= 0.3 is 5.69 Å². The molecular formula is C16H18N2O7S. The highest BCUT2D eigenvalue weighted by Gasteiger charge is 2.57. The van der Waals surface area contributed by atoms with Crippen LogP contribution >= 0.6 is 0 Å². The number of hydrogen-bond acceptors (Lipinski definition) is 7. The molecule has 0 amide bonds. The Hall–Kier alpha value is -2.27. The summed E-state index contributed by atoms with van der Waals surface area (Å²) in [6.45, 7) is 0.954. The topological polar surface area (TPSA) is 139 Å². The molecule has 0 aliphatic carbocycles. The largest absolute Gasteiger partial charge is 0.394 e. The Kier molecular flexibility index (Phi) is 4.61. The number of nitrogens with one attached hydrogen (secondary N) is 1. The van der Waals surface area contributed by atoms with Crippen molar-refractivity contribution in [2.45, 2.75) is 35.5 Å². The summed E-state index contributed by atoms with van der Waals surface area (Å²) in [4.78, 5) is 25.6. The van der Waals surface area contributed by atoms with E-state index in [4.69, 9.17) is 4.74 Å². The van der Waals surface area contributed by atoms with E-state index in [9.17, 15) is 28.2 Å². The lowest BCUT2D eigenvalue weighted by molar-refractivity contribution is -0.0696. The Balaban J connectivity index is 2.31. The molecule has 1 aliphatic rings. The summed E-state index contributed by atoms with van der Waals surface area (Å²) in [6.07, 6.45) is -2.00. The zero-order chi connectivity index (χ0) is 19.1. The smallest absolute Gasteiger partial charge is 0.331 e. The average Bonchev–Trinajstić information content (AvgIpc) is 2.93. The van der Waals surface area contributed by atoms with Crippen molar-refractivity contribution in [2.24, 2.45) is 0 Å². The molecule has 10 heteroatoms. The van der Waals surface area contributed by atoms with Crippen LogP contribution in [0, 0.1) is 6.92 Å². The molecule has 0 bridgehead atoms. The molecular weight excluding hydrogens is 364 g/mol. The van der Waals surface area contributed by atoms with Crippen molar-refractivity contribution >= 4 is 9.84 Å². The van der Waals surface area contributed by atoms with Crippen LogP contribution in [0.2, 0.25) is 0 Å². The number of H-pyrrole nitrogens is 1. The first-order valence-corrected chi connectivity index (χ1v) is 9.31. The van der Waals surface area contributed by atoms with Crippen molar-refractivity contribution in [3.05, 3.63) is 62.9 Å². The number of rotatable bonds is 4. The van der Waals surface area contributed by atoms with E-state index in [1.807, 2.05) is 4.98 Å². The number of hydrogen-bond donors (Lipinski definition) is 3. The Labute approximate surface area is 148 Å². The second-order valence-electron chi connectivity index (χ2n) is 6.07. The van der Waals surface area contributed by atoms with Gasteiger partial charge in [-0.3, -0.25) is 14.3 Å². The SMILES string of the molecule is Cc1ccccc1S(=O)(=O)[C@]1(n2ccc(=O)[nH]c2=O)C[C@H](O)[C@@H](CO)O1. The zero-order valence-corrected chi connectivity index (χ0v) is 14.6. The highest BCUT2D eigenvalue weighted by atomic mass is 32.2. The molecule has 1 saturated heterocycles. The maximum Gasteiger partial charge on any atom is 0.331 e. The summed E-state index contributed by atoms with van der Waals surface area (Å²) in [5.41, 5.74) is -1.28. The molecule has 3 rings (SSSR count). The van der Waals surface area contributed by atoms with Gasteiger partial charge in [0, 0.05) is 18.7 Å². The van der Waals surface area contributed by atoms with Crippen LogP contribution in [0.25, 0.3) is 0 Å². The summed E-state index contributed by atoms with van der Waals surface area (Å²) in [7, 11) is -4.35. The van der Waals surface area contributed by atoms with Gasteiger partial charge in [0.1, 0.15) is 6.10 Å². The Morgan fingerprint density at radius 2 is 2.00 bits per heavy atom. The van der Waals surface area contributed by atoms with E-state index in [2.05, 4.69) is 0 Å². The molecule has 0 radical (unpaired) electrons. The van der Waals surface area contributed by atoms with E-state index < -0.39 is 51.4 Å². The van der Waals surface area contributed by atoms with Gasteiger partial charge in [-0.25, -0.2) is 13.2 Å². The fraction of sp³-hybridized carbons (Fsp3) is 0.375. The van der Waals surface area contributed by atoms with Gasteiger partial charge in [0.25, 0.3) is 10.6 Å². The fourth-order valence-corrected chi connectivity index (χ4v) is 5.23. The van der Waals surface area contributed by atoms with Gasteiger partial charge in [0.05, 0.1) is 17.6 Å². The minimum atomic E-state index is -4.35. The molecule has 9 nitrogen and oxygen atoms in total. The quantitative estimate of drug-likeness (QED) is 0.621. The minimum absolute atomic E-state index is 0.0797. The zero-order valence-electron chi connectivity index (χ0n) is 13.8. The third-order valence-corrected chi connectivity index (χ3v) is 6.74. The fourth-order valence-electron chi connectivity index (χ4n) is 3.09. The van der Waals surface area contributed by atoms with Gasteiger partial charge in [-0.15, -0.1) is 0 Å². The third-order valence-electron chi connectivity index (χ3n) is 4.41. The van der Waals surface area contributed by atoms with Crippen LogP contribution in [-0.2, 0) is 19.6 Å². The molecule has 140 valence electrons. The summed E-state index contributed by atoms with van der Waals surface area (Å²) >= 11 is 0. The number of nitrogens with zero attached hydrogens (tertiary/aromatic N) is 1. The second kappa shape index (κ2) is 6.47. The van der Waals surface area contributed by atoms with Gasteiger partial charge < -0.3 is 14.9 Å². The summed E-state index contributed by atoms with van der Waals surface area (Å²) in [5, 5.41) is 17.3. The van der Waals surface area contributed by atoms with Crippen molar-refractivity contribution in [1.82, 2.24) is 9.55 Å². The summed E-state index contributed by atoms with van der Waals surface area (Å²) in [6, 6.07) is 7.13. The number of ether oxygens (including phenoxy) is 1. The standard InChI is InChI=1S/C16H18N2O7S/c1-10-4-2-3-5-13(10)26(23,24)16(8-11(20)12(9-19)25-16)18-7-6-14(21)17-15(18)22/h2-7,11-12,19-20H,8-9H2,1H3,(H,17,21,22)/t11-,12+,16-/m0/s1. The number of aryl methyl sites for hydroxylation is 1. The van der Waals surface area contributed by atoms with Gasteiger partial charge in [0.2, 0.25) is 9.84 Å². The van der Waals surface area contributed by atoms with Crippen molar-refractivity contribution < 1.29 is 23.4 Å². The number of aliphatic hydroxyl groups excluding tert-OH is 2. The molecule has 3 atom stereocenters. The molecule has 2 aromatic rings. The van der Waals surface area contributed by atoms with E-state index in [1.165, 1.54) is 12.1 Å². The number of aromatic nitrogens is 2. The van der Waals surface area contributed by atoms with Gasteiger partial charge in [-0.05, 0) is 18.6 Å². The van der Waals surface area contributed by atoms with Gasteiger partial charge in [-0.2, -0.15) is 0 Å². The first-order chi connectivity index (χ1) is 12.2. The molecule has 1 aliphatic heterocycles. The van der Waals surface area contributed by atoms with Crippen LogP contribution in [0.15, 0.2) is 51.0 Å². The lowest BCUT2D eigenvalue weighted by Gasteiger charge is -2.30. The molecule has 2 heterocycles. The van der Waals surface area contributed by atoms with Crippen molar-refractivity contribution in [2.75, 3.05) is 6.61 Å². The van der Waals surface area contributed by atoms with Gasteiger partial charge in [-0.1, -0.05) is 18.2 Å². The highest BCUT2D eigenvalue weighted by Crippen LogP contribution is 2.42. The number of aliphatic hydroxyl groups is 2. The number of sulfone groups is 1. The van der Waals surface area contributed by atoms with Crippen molar-refractivity contribution in [3.63, 3.8) is 0 Å². The molecule has 0 spiro atoms. The molecule has 1 aromatic heterocycles. The van der Waals surface area contributed by atoms with Gasteiger partial charge in [0.15, 0.2) is 0 Å². The minimum Gasteiger partial charge on any atom is -0.394 e. The second-order valence-corrected chi connectivity index (χ2v) is 8.16. The van der Waals surface area contributed by atoms with Crippen LogP contribution in [0.4, 0.5) is 0 Å². The molecule has 3 N–H and O–H groups in total. The van der Waals surface area contributed by atoms with Crippen molar-refractivity contribution in [3.8, 4) is 0 Å². The monoisotopic (exact) mass is 382 g/mol. The third kappa shape index (κ3) is 2.71. The lowest BCUT2D eigenvalue weighted by Crippen LogP contribution is -2.49. The molecule has 1 aromatic carbocycles. The average molecular weight is 382 g/mol. The first-order valence-electron chi connectivity index (χ1n) is 7.82. The van der Waals surface area contributed by atoms with E-state index >= 15 is 0 Å². The van der Waals surface area contributed by atoms with Crippen LogP contribution in [0.1, 0.15) is 12.0 Å². The first kappa shape index (κ1) is 18.5. The maximum absolute atomic E-state index is 13.5. The Bertz CT molecular complexity index is 1040. The van der Waals surface area contributed by atoms with E-state index in [1.54, 1.807) is 19.1 Å². The predicted octanol–water partition coefficient (Wildman–Crippen LogP) is -0.929. The van der Waals surface area contributed by atoms with Crippen LogP contribution in [0.5, 0.6) is 0 Å². The van der Waals surface area contributed by atoms with Crippen LogP contribution < -0.4 is 11.2 Å². The van der Waals surface area contributed by atoms with E-state index in [-0.39, 0.29) is 4.90 Å². The van der Waals surface area contributed by atoms with Crippen LogP contribution in [-0.4, -0.2) is 47.0 Å². The maximum atomic E-state index is 13.5. The normalized spacial score (nSPS) is 26.1. The van der Waals surface area contributed by atoms with E-state index in [0.717, 1.165) is 16.8 Å². The number of benzene rings is 1. The summed E-state index contributed by atoms with van der Waals surface area (Å²) in [5.74, 6) is 0. The lowest BCUT2D eigenvalue weighted by atomic mass is 10.2. The predicted molar refractivity (Wildman–Crippen MR) is 90.2 cm³/mol. The molecule has 0 saturated carbocycles. The highest BCUT2D eigenvalue weighted by molar-refractivity contribution is 7.92. The van der Waals surface area contributed by atoms with Crippen molar-refractivity contribution in [1.29, 1.82) is 0 Å². The summed E-state index contributed by atoms with van der Waals surface area (Å²) < 4.78 is 33.2. The molecule has 0 unspecified atom stereocenters. The Morgan fingerprint density at radius 1 is 1.31 bits per heavy atom.